The van der Waals surface area contributed by atoms with E-state index in [1.165, 1.54) is 11.0 Å². The Morgan fingerprint density at radius 1 is 1.25 bits per heavy atom. The Labute approximate surface area is 163 Å². The maximum atomic E-state index is 12.8. The number of hydrogen-bond acceptors (Lipinski definition) is 9. The molecule has 2 aliphatic heterocycles. The average molecular weight is 400 g/mol. The van der Waals surface area contributed by atoms with Crippen LogP contribution in [-0.4, -0.2) is 102 Å². The number of fused-ring (bicyclic) bond motifs is 1. The molecule has 1 unspecified atom stereocenters. The first kappa shape index (κ1) is 21.1. The minimum atomic E-state index is -0.791. The van der Waals surface area contributed by atoms with E-state index in [0.29, 0.717) is 26.3 Å². The lowest BCUT2D eigenvalue weighted by Crippen LogP contribution is -2.37. The molecule has 3 rings (SSSR count). The van der Waals surface area contributed by atoms with Gasteiger partial charge in [0.1, 0.15) is 24.6 Å². The first-order valence-electron chi connectivity index (χ1n) is 9.20. The minimum Gasteiger partial charge on any atom is -0.394 e. The van der Waals surface area contributed by atoms with Crippen LogP contribution in [0, 0.1) is 0 Å². The van der Waals surface area contributed by atoms with Crippen molar-refractivity contribution in [2.24, 2.45) is 0 Å². The van der Waals surface area contributed by atoms with Crippen molar-refractivity contribution in [3.63, 3.8) is 0 Å². The highest BCUT2D eigenvalue weighted by molar-refractivity contribution is 5.90. The van der Waals surface area contributed by atoms with Gasteiger partial charge in [0.25, 0.3) is 5.91 Å². The molecule has 2 fully saturated rings. The topological polar surface area (TPSA) is 117 Å². The van der Waals surface area contributed by atoms with E-state index in [-0.39, 0.29) is 18.3 Å². The van der Waals surface area contributed by atoms with Crippen LogP contribution in [0.5, 0.6) is 0 Å². The van der Waals surface area contributed by atoms with Crippen LogP contribution in [0.3, 0.4) is 0 Å². The summed E-state index contributed by atoms with van der Waals surface area (Å²) in [7, 11) is 3.14. The van der Waals surface area contributed by atoms with E-state index in [0.717, 1.165) is 0 Å². The fourth-order valence-electron chi connectivity index (χ4n) is 3.37. The van der Waals surface area contributed by atoms with Gasteiger partial charge in [-0.25, -0.2) is 9.67 Å². The standard InChI is InChI=1S/C17H28N4O7/c1-17(2)27-12-11(9-22)26-16(13(12)28-17)21-10-18-14(19-21)15(23)20(5-7-24-3)6-8-25-4/h10-13,16,22H,5-9H2,1-4H3/t11-,12?,13+,16-/m1/s1. The van der Waals surface area contributed by atoms with Gasteiger partial charge in [-0.1, -0.05) is 0 Å². The number of carbonyl (C=O) groups excluding carboxylic acids is 1. The highest BCUT2D eigenvalue weighted by atomic mass is 16.8. The summed E-state index contributed by atoms with van der Waals surface area (Å²) in [5, 5.41) is 13.9. The second kappa shape index (κ2) is 8.80. The molecule has 2 saturated heterocycles. The van der Waals surface area contributed by atoms with Gasteiger partial charge in [0, 0.05) is 27.3 Å². The van der Waals surface area contributed by atoms with Gasteiger partial charge in [-0.15, -0.1) is 5.10 Å². The molecule has 0 saturated carbocycles. The van der Waals surface area contributed by atoms with Crippen molar-refractivity contribution < 1.29 is 33.6 Å². The Bertz CT molecular complexity index is 660. The zero-order valence-corrected chi connectivity index (χ0v) is 16.6. The number of ether oxygens (including phenoxy) is 5. The number of nitrogens with zero attached hydrogens (tertiary/aromatic N) is 4. The van der Waals surface area contributed by atoms with Crippen molar-refractivity contribution in [2.45, 2.75) is 44.2 Å². The summed E-state index contributed by atoms with van der Waals surface area (Å²) >= 11 is 0. The number of hydrogen-bond donors (Lipinski definition) is 1. The zero-order chi connectivity index (χ0) is 20.3. The molecular formula is C17H28N4O7. The molecular weight excluding hydrogens is 372 g/mol. The predicted molar refractivity (Wildman–Crippen MR) is 94.5 cm³/mol. The van der Waals surface area contributed by atoms with Crippen molar-refractivity contribution in [2.75, 3.05) is 47.1 Å². The van der Waals surface area contributed by atoms with Gasteiger partial charge in [-0.05, 0) is 13.8 Å². The van der Waals surface area contributed by atoms with Crippen LogP contribution in [-0.2, 0) is 23.7 Å². The number of aromatic nitrogens is 3. The normalized spacial score (nSPS) is 28.5. The van der Waals surface area contributed by atoms with Crippen LogP contribution in [0.4, 0.5) is 0 Å². The fourth-order valence-corrected chi connectivity index (χ4v) is 3.37. The average Bonchev–Trinajstić information content (AvgIpc) is 3.34. The van der Waals surface area contributed by atoms with E-state index >= 15 is 0 Å². The Kier molecular flexibility index (Phi) is 6.63. The molecule has 3 heterocycles. The quantitative estimate of drug-likeness (QED) is 0.581. The minimum absolute atomic E-state index is 0.0398. The van der Waals surface area contributed by atoms with E-state index in [1.807, 2.05) is 0 Å². The molecule has 1 N–H and O–H groups in total. The maximum Gasteiger partial charge on any atom is 0.293 e. The summed E-state index contributed by atoms with van der Waals surface area (Å²) in [5.74, 6) is -1.08. The lowest BCUT2D eigenvalue weighted by atomic mass is 10.1. The van der Waals surface area contributed by atoms with Crippen molar-refractivity contribution >= 4 is 5.91 Å². The van der Waals surface area contributed by atoms with Crippen LogP contribution in [0.2, 0.25) is 0 Å². The van der Waals surface area contributed by atoms with Crippen LogP contribution >= 0.6 is 0 Å². The Morgan fingerprint density at radius 2 is 1.89 bits per heavy atom. The van der Waals surface area contributed by atoms with E-state index in [2.05, 4.69) is 10.1 Å². The summed E-state index contributed by atoms with van der Waals surface area (Å²) in [4.78, 5) is 18.5. The molecule has 11 nitrogen and oxygen atoms in total. The summed E-state index contributed by atoms with van der Waals surface area (Å²) < 4.78 is 29.2. The van der Waals surface area contributed by atoms with Gasteiger partial charge < -0.3 is 33.7 Å². The summed E-state index contributed by atoms with van der Waals surface area (Å²) in [6, 6.07) is 0. The molecule has 0 bridgehead atoms. The van der Waals surface area contributed by atoms with Crippen molar-refractivity contribution in [1.82, 2.24) is 19.7 Å². The molecule has 1 aromatic rings. The van der Waals surface area contributed by atoms with E-state index in [4.69, 9.17) is 23.7 Å². The van der Waals surface area contributed by atoms with Gasteiger partial charge in [-0.2, -0.15) is 0 Å². The molecule has 0 spiro atoms. The molecule has 158 valence electrons. The number of rotatable bonds is 9. The van der Waals surface area contributed by atoms with Crippen molar-refractivity contribution in [1.29, 1.82) is 0 Å². The lowest BCUT2D eigenvalue weighted by molar-refractivity contribution is -0.201. The van der Waals surface area contributed by atoms with Crippen LogP contribution in [0.1, 0.15) is 30.7 Å². The molecule has 28 heavy (non-hydrogen) atoms. The first-order chi connectivity index (χ1) is 13.4. The second-order valence-corrected chi connectivity index (χ2v) is 7.14. The maximum absolute atomic E-state index is 12.8. The second-order valence-electron chi connectivity index (χ2n) is 7.14. The van der Waals surface area contributed by atoms with Gasteiger partial charge in [0.2, 0.25) is 5.82 Å². The number of carbonyl (C=O) groups is 1. The molecule has 0 aromatic carbocycles. The summed E-state index contributed by atoms with van der Waals surface area (Å²) in [6.07, 6.45) is -0.652. The van der Waals surface area contributed by atoms with E-state index < -0.39 is 30.3 Å². The Hall–Kier alpha value is -1.63. The number of aliphatic hydroxyl groups excluding tert-OH is 1. The monoisotopic (exact) mass is 400 g/mol. The Morgan fingerprint density at radius 3 is 2.50 bits per heavy atom. The van der Waals surface area contributed by atoms with Crippen molar-refractivity contribution in [3.8, 4) is 0 Å². The molecule has 0 aliphatic carbocycles. The smallest absolute Gasteiger partial charge is 0.293 e. The lowest BCUT2D eigenvalue weighted by Gasteiger charge is -2.23. The van der Waals surface area contributed by atoms with E-state index in [1.54, 1.807) is 33.0 Å². The van der Waals surface area contributed by atoms with Crippen LogP contribution in [0.25, 0.3) is 0 Å². The molecule has 1 aromatic heterocycles. The largest absolute Gasteiger partial charge is 0.394 e. The van der Waals surface area contributed by atoms with Gasteiger partial charge >= 0.3 is 0 Å². The van der Waals surface area contributed by atoms with Gasteiger partial charge in [-0.3, -0.25) is 4.79 Å². The summed E-state index contributed by atoms with van der Waals surface area (Å²) in [5.41, 5.74) is 0. The van der Waals surface area contributed by atoms with Crippen molar-refractivity contribution in [3.05, 3.63) is 12.2 Å². The third-order valence-corrected chi connectivity index (χ3v) is 4.68. The molecule has 11 heteroatoms. The SMILES string of the molecule is COCCN(CCOC)C(=O)c1ncn([C@@H]2O[C@H](CO)C3OC(C)(C)O[C@@H]32)n1. The van der Waals surface area contributed by atoms with Gasteiger partial charge in [0.05, 0.1) is 19.8 Å². The number of aliphatic hydroxyl groups is 1. The number of amides is 1. The predicted octanol–water partition coefficient (Wildman–Crippen LogP) is -0.577. The Balaban J connectivity index is 1.74. The third kappa shape index (κ3) is 4.34. The van der Waals surface area contributed by atoms with E-state index in [9.17, 15) is 9.90 Å². The molecule has 2 aliphatic rings. The highest BCUT2D eigenvalue weighted by Gasteiger charge is 2.56. The van der Waals surface area contributed by atoms with Gasteiger partial charge in [0.15, 0.2) is 12.0 Å². The molecule has 1 amide bonds. The summed E-state index contributed by atoms with van der Waals surface area (Å²) in [6.45, 7) is 4.98. The molecule has 4 atom stereocenters. The molecule has 0 radical (unpaired) electrons. The number of methoxy groups -OCH3 is 2. The zero-order valence-electron chi connectivity index (χ0n) is 16.6. The first-order valence-corrected chi connectivity index (χ1v) is 9.20. The van der Waals surface area contributed by atoms with Crippen LogP contribution in [0.15, 0.2) is 6.33 Å². The third-order valence-electron chi connectivity index (χ3n) is 4.68. The van der Waals surface area contributed by atoms with Crippen LogP contribution < -0.4 is 0 Å². The highest BCUT2D eigenvalue weighted by Crippen LogP contribution is 2.42. The fraction of sp³-hybridized carbons (Fsp3) is 0.824.